The maximum atomic E-state index is 11.1. The summed E-state index contributed by atoms with van der Waals surface area (Å²) in [6, 6.07) is 18.8. The van der Waals surface area contributed by atoms with Gasteiger partial charge in [-0.25, -0.2) is 22.1 Å². The van der Waals surface area contributed by atoms with Gasteiger partial charge in [0.2, 0.25) is 11.8 Å². The molecule has 17 heteroatoms. The summed E-state index contributed by atoms with van der Waals surface area (Å²) in [6.07, 6.45) is 18.1. The number of hydrogen-bond acceptors (Lipinski definition) is 12. The topological polar surface area (TPSA) is 115 Å². The molecule has 2 radical (unpaired) electrons. The number of piperidine rings is 12. The van der Waals surface area contributed by atoms with E-state index in [1.54, 1.807) is 6.20 Å². The van der Waals surface area contributed by atoms with E-state index < -0.39 is 0 Å². The zero-order valence-electron chi connectivity index (χ0n) is 50.2. The molecule has 0 unspecified atom stereocenters. The quantitative estimate of drug-likeness (QED) is 0.143. The molecule has 4 aromatic rings. The van der Waals surface area contributed by atoms with Crippen LogP contribution in [0.25, 0.3) is 0 Å². The van der Waals surface area contributed by atoms with Gasteiger partial charge in [-0.05, 0) is 178 Å². The summed E-state index contributed by atoms with van der Waals surface area (Å²) in [6.45, 7) is 40.7. The molecule has 0 aromatic carbocycles. The van der Waals surface area contributed by atoms with E-state index >= 15 is 0 Å². The van der Waals surface area contributed by atoms with Crippen LogP contribution in [0.4, 0.5) is 0 Å². The summed E-state index contributed by atoms with van der Waals surface area (Å²) in [7, 11) is 0. The molecule has 12 fully saturated rings. The zero-order chi connectivity index (χ0) is 53.4. The van der Waals surface area contributed by atoms with Crippen LogP contribution in [0.1, 0.15) is 101 Å². The maximum absolute atomic E-state index is 11.1. The number of aryl methyl sites for hydroxylation is 4. The van der Waals surface area contributed by atoms with Crippen LogP contribution in [0.3, 0.4) is 0 Å². The third-order valence-electron chi connectivity index (χ3n) is 16.0. The third-order valence-corrected chi connectivity index (χ3v) is 16.0. The summed E-state index contributed by atoms with van der Waals surface area (Å²) in [5, 5.41) is 11.1. The molecule has 12 nitrogen and oxygen atoms in total. The Bertz CT molecular complexity index is 1980. The van der Waals surface area contributed by atoms with E-state index in [0.717, 1.165) is 93.3 Å². The molecule has 12 aliphatic heterocycles. The van der Waals surface area contributed by atoms with Crippen LogP contribution in [-0.2, 0) is 65.4 Å². The second kappa shape index (κ2) is 40.1. The normalized spacial score (nSPS) is 27.8. The Morgan fingerprint density at radius 1 is 0.455 bits per heavy atom. The average Bonchev–Trinajstić information content (AvgIpc) is 3.45. The molecule has 16 heterocycles. The van der Waals surface area contributed by atoms with Gasteiger partial charge in [-0.1, -0.05) is 85.3 Å². The van der Waals surface area contributed by atoms with Gasteiger partial charge in [0, 0.05) is 121 Å². The fourth-order valence-electron chi connectivity index (χ4n) is 10.5. The number of hydrogen-bond donors (Lipinski definition) is 0. The molecular formula is C60H96B2KN8O4Y2-. The monoisotopic (exact) mass is 1230 g/mol. The minimum atomic E-state index is -0.257. The molecule has 0 saturated carbocycles. The van der Waals surface area contributed by atoms with Crippen molar-refractivity contribution in [2.75, 3.05) is 78.5 Å². The van der Waals surface area contributed by atoms with Crippen molar-refractivity contribution in [2.45, 2.75) is 158 Å². The zero-order valence-corrected chi connectivity index (χ0v) is 59.0. The molecule has 414 valence electrons. The van der Waals surface area contributed by atoms with Gasteiger partial charge in [0.25, 0.3) is 0 Å². The van der Waals surface area contributed by atoms with Gasteiger partial charge in [-0.3, -0.25) is 24.7 Å². The Balaban J connectivity index is 0.000000318. The van der Waals surface area contributed by atoms with Crippen molar-refractivity contribution in [1.29, 1.82) is 0 Å². The van der Waals surface area contributed by atoms with Gasteiger partial charge in [-0.2, -0.15) is 0 Å². The van der Waals surface area contributed by atoms with Crippen molar-refractivity contribution >= 4 is 13.2 Å². The summed E-state index contributed by atoms with van der Waals surface area (Å²) >= 11 is 0. The average molecular weight is 1230 g/mol. The molecule has 12 saturated heterocycles. The largest absolute Gasteiger partial charge is 1.00 e. The van der Waals surface area contributed by atoms with E-state index in [4.69, 9.17) is 14.2 Å². The second-order valence-electron chi connectivity index (χ2n) is 22.0. The van der Waals surface area contributed by atoms with Crippen molar-refractivity contribution in [3.63, 3.8) is 0 Å². The van der Waals surface area contributed by atoms with E-state index in [2.05, 4.69) is 91.1 Å². The van der Waals surface area contributed by atoms with E-state index in [0.29, 0.717) is 24.2 Å². The van der Waals surface area contributed by atoms with Crippen molar-refractivity contribution in [3.05, 3.63) is 102 Å². The van der Waals surface area contributed by atoms with Gasteiger partial charge in [0.15, 0.2) is 0 Å². The maximum Gasteiger partial charge on any atom is 1.00 e. The molecule has 16 rings (SSSR count). The van der Waals surface area contributed by atoms with Gasteiger partial charge < -0.3 is 24.2 Å². The Labute approximate surface area is 562 Å². The van der Waals surface area contributed by atoms with Gasteiger partial charge in [-0.15, -0.1) is 12.2 Å². The predicted octanol–water partition coefficient (Wildman–Crippen LogP) is 6.85. The molecule has 4 aromatic heterocycles. The molecule has 12 aliphatic rings. The van der Waals surface area contributed by atoms with E-state index in [1.165, 1.54) is 108 Å². The van der Waals surface area contributed by atoms with Crippen molar-refractivity contribution in [3.8, 4) is 17.6 Å². The fraction of sp³-hybridized carbons (Fsp3) is 0.667. The molecule has 0 amide bonds. The van der Waals surface area contributed by atoms with Gasteiger partial charge in [0.05, 0.1) is 0 Å². The number of rotatable bonds is 7. The Hall–Kier alpha value is -0.226. The van der Waals surface area contributed by atoms with Gasteiger partial charge in [0.1, 0.15) is 37.4 Å². The van der Waals surface area contributed by atoms with Crippen LogP contribution >= 0.6 is 0 Å². The first-order valence-corrected chi connectivity index (χ1v) is 28.9. The van der Waals surface area contributed by atoms with E-state index in [9.17, 15) is 5.11 Å². The molecule has 77 heavy (non-hydrogen) atoms. The van der Waals surface area contributed by atoms with Crippen molar-refractivity contribution in [2.24, 2.45) is 23.7 Å². The Morgan fingerprint density at radius 2 is 0.779 bits per heavy atom. The van der Waals surface area contributed by atoms with E-state index in [-0.39, 0.29) is 123 Å². The molecule has 0 aliphatic carbocycles. The number of nitrogens with zero attached hydrogens (tertiary/aromatic N) is 8. The van der Waals surface area contributed by atoms with Crippen LogP contribution in [-0.4, -0.2) is 156 Å². The first kappa shape index (κ1) is 72.9. The fourth-order valence-corrected chi connectivity index (χ4v) is 10.5. The predicted molar refractivity (Wildman–Crippen MR) is 306 cm³/mol. The third kappa shape index (κ3) is 26.1. The number of aromatic nitrogens is 4. The number of pyridine rings is 4. The number of ether oxygens (including phenoxy) is 3. The summed E-state index contributed by atoms with van der Waals surface area (Å²) < 4.78 is 17.9. The molecule has 8 bridgehead atoms. The van der Waals surface area contributed by atoms with Crippen LogP contribution in [0.2, 0.25) is 27.3 Å². The van der Waals surface area contributed by atoms with E-state index in [1.807, 2.05) is 104 Å². The van der Waals surface area contributed by atoms with Crippen LogP contribution < -0.4 is 70.7 Å². The molecule has 0 spiro atoms. The summed E-state index contributed by atoms with van der Waals surface area (Å²) in [5.74, 6) is 5.05. The molecule has 0 N–H and O–H groups in total. The Kier molecular flexibility index (Phi) is 38.0. The minimum absolute atomic E-state index is 0. The van der Waals surface area contributed by atoms with Crippen LogP contribution in [0.15, 0.2) is 73.3 Å². The molecule has 4 atom stereocenters. The second-order valence-corrected chi connectivity index (χ2v) is 22.0. The number of fused-ring (bicyclic) bond motifs is 12. The van der Waals surface area contributed by atoms with Crippen molar-refractivity contribution < 1.29 is 136 Å². The first-order valence-electron chi connectivity index (χ1n) is 28.9. The minimum Gasteiger partial charge on any atom is -0.851 e. The van der Waals surface area contributed by atoms with Crippen molar-refractivity contribution in [1.82, 2.24) is 39.5 Å². The SMILES string of the molecule is CB(C)B(C)C.CC.CC.Cc1ccc(C)nc1.Cc1ccc(O[C@H]2CN3CCC2CC3)nc1.Cc1ccc(O[C@H]2CN3CCC2CC3)nc1.[K+].[O-][C@H]1CN2CCC1CC2.[Y].[Y].[c-]1ccc(O[C@H]2CN3CCC2CC3)nc1. The van der Waals surface area contributed by atoms with Gasteiger partial charge >= 0.3 is 51.4 Å². The summed E-state index contributed by atoms with van der Waals surface area (Å²) in [4.78, 5) is 26.6. The first-order chi connectivity index (χ1) is 35.8. The smallest absolute Gasteiger partial charge is 0.851 e. The summed E-state index contributed by atoms with van der Waals surface area (Å²) in [5.41, 5.74) is 4.66. The van der Waals surface area contributed by atoms with Crippen LogP contribution in [0.5, 0.6) is 17.6 Å². The van der Waals surface area contributed by atoms with Crippen LogP contribution in [0, 0.1) is 57.4 Å². The Morgan fingerprint density at radius 3 is 0.987 bits per heavy atom. The standard InChI is InChI=1S/2C13H18N2O.C12H15N2O.C7H12NO.C7H9N.C4H12B2.2C2H6.K.2Y/c2*1-10-2-3-13(14-8-10)16-12-9-15-6-4-11(12)5-7-15;1-2-6-13-12(3-1)15-11-9-14-7-4-10(11)5-8-14;9-7-5-8-3-1-6(7)2-4-8;1-6-3-4-7(2)8-5-6;1-5(2)6(3)4;2*1-2;;;/h2*2-3,8,11-12H,4-7,9H2,1H3;1,3,6,10-11H,4-5,7-9H2;6-7H,1-5H2;3-5H,1-2H3;1-4H3;2*1-2H3;;;/q;;2*-1;;;;;+1;;/t2*12-;11-;7-;;;;;;;/m0000......./s1. The molecular weight excluding hydrogens is 1140 g/mol.